The van der Waals surface area contributed by atoms with Crippen molar-refractivity contribution in [1.29, 1.82) is 0 Å². The van der Waals surface area contributed by atoms with Crippen LogP contribution in [0.2, 0.25) is 0 Å². The van der Waals surface area contributed by atoms with Crippen molar-refractivity contribution in [2.45, 2.75) is 53.4 Å². The van der Waals surface area contributed by atoms with Crippen LogP contribution in [0.15, 0.2) is 12.2 Å². The summed E-state index contributed by atoms with van der Waals surface area (Å²) >= 11 is 0. The van der Waals surface area contributed by atoms with E-state index in [0.29, 0.717) is 0 Å². The fourth-order valence-corrected chi connectivity index (χ4v) is 1.36. The Labute approximate surface area is 78.1 Å². The first-order chi connectivity index (χ1) is 5.60. The van der Waals surface area contributed by atoms with Crippen LogP contribution < -0.4 is 0 Å². The maximum Gasteiger partial charge on any atom is -0.0297 e. The quantitative estimate of drug-likeness (QED) is 0.515. The molecule has 0 aliphatic heterocycles. The summed E-state index contributed by atoms with van der Waals surface area (Å²) in [7, 11) is 0. The molecule has 0 heterocycles. The molecule has 0 radical (unpaired) electrons. The Morgan fingerprint density at radius 3 is 1.58 bits per heavy atom. The van der Waals surface area contributed by atoms with Crippen LogP contribution in [-0.4, -0.2) is 0 Å². The molecule has 0 aromatic heterocycles. The van der Waals surface area contributed by atoms with E-state index in [4.69, 9.17) is 0 Å². The Bertz CT molecular complexity index is 110. The van der Waals surface area contributed by atoms with Gasteiger partial charge in [0, 0.05) is 0 Å². The lowest BCUT2D eigenvalue weighted by Crippen LogP contribution is -1.99. The lowest BCUT2D eigenvalue weighted by Gasteiger charge is -2.14. The highest BCUT2D eigenvalue weighted by Gasteiger charge is 2.05. The molecule has 0 heteroatoms. The number of allylic oxidation sites excluding steroid dienone is 1. The van der Waals surface area contributed by atoms with Gasteiger partial charge < -0.3 is 0 Å². The van der Waals surface area contributed by atoms with Crippen LogP contribution in [0, 0.1) is 11.8 Å². The predicted octanol–water partition coefficient (Wildman–Crippen LogP) is 4.42. The van der Waals surface area contributed by atoms with E-state index in [1.165, 1.54) is 31.3 Å². The summed E-state index contributed by atoms with van der Waals surface area (Å²) in [6, 6.07) is 0. The van der Waals surface area contributed by atoms with Crippen molar-refractivity contribution in [2.75, 3.05) is 0 Å². The molecule has 0 amide bonds. The maximum absolute atomic E-state index is 4.13. The van der Waals surface area contributed by atoms with E-state index < -0.39 is 0 Å². The highest BCUT2D eigenvalue weighted by atomic mass is 14.1. The first kappa shape index (κ1) is 11.7. The molecule has 0 saturated carbocycles. The van der Waals surface area contributed by atoms with Gasteiger partial charge in [-0.1, -0.05) is 52.7 Å². The molecule has 0 aromatic carbocycles. The Hall–Kier alpha value is -0.260. The van der Waals surface area contributed by atoms with E-state index in [1.807, 2.05) is 0 Å². The third kappa shape index (κ3) is 5.40. The summed E-state index contributed by atoms with van der Waals surface area (Å²) in [4.78, 5) is 0. The smallest absolute Gasteiger partial charge is 0.0297 e. The van der Waals surface area contributed by atoms with Gasteiger partial charge in [0.1, 0.15) is 0 Å². The van der Waals surface area contributed by atoms with Gasteiger partial charge in [-0.15, -0.1) is 0 Å². The molecule has 0 N–H and O–H groups in total. The van der Waals surface area contributed by atoms with Crippen molar-refractivity contribution in [1.82, 2.24) is 0 Å². The van der Waals surface area contributed by atoms with Crippen LogP contribution in [0.1, 0.15) is 53.4 Å². The Morgan fingerprint density at radius 2 is 1.33 bits per heavy atom. The monoisotopic (exact) mass is 168 g/mol. The lowest BCUT2D eigenvalue weighted by molar-refractivity contribution is 0.501. The second-order valence-electron chi connectivity index (χ2n) is 4.19. The fraction of sp³-hybridized carbons (Fsp3) is 0.833. The van der Waals surface area contributed by atoms with E-state index in [9.17, 15) is 0 Å². The summed E-state index contributed by atoms with van der Waals surface area (Å²) in [5.41, 5.74) is 1.44. The zero-order valence-corrected chi connectivity index (χ0v) is 9.19. The van der Waals surface area contributed by atoms with Crippen LogP contribution in [0.25, 0.3) is 0 Å². The van der Waals surface area contributed by atoms with Crippen molar-refractivity contribution in [3.8, 4) is 0 Å². The Balaban J connectivity index is 3.59. The average molecular weight is 168 g/mol. The minimum Gasteiger partial charge on any atom is -0.0998 e. The highest BCUT2D eigenvalue weighted by Crippen LogP contribution is 2.20. The zero-order chi connectivity index (χ0) is 9.56. The van der Waals surface area contributed by atoms with Crippen molar-refractivity contribution in [3.05, 3.63) is 12.2 Å². The van der Waals surface area contributed by atoms with Gasteiger partial charge in [0.05, 0.1) is 0 Å². The molecule has 0 fully saturated rings. The van der Waals surface area contributed by atoms with Gasteiger partial charge in [0.2, 0.25) is 0 Å². The molecule has 0 nitrogen and oxygen atoms in total. The molecule has 0 saturated heterocycles. The van der Waals surface area contributed by atoms with Gasteiger partial charge in [0.15, 0.2) is 0 Å². The summed E-state index contributed by atoms with van der Waals surface area (Å²) in [5.74, 6) is 1.64. The van der Waals surface area contributed by atoms with Gasteiger partial charge in [-0.2, -0.15) is 0 Å². The van der Waals surface area contributed by atoms with E-state index in [1.54, 1.807) is 0 Å². The van der Waals surface area contributed by atoms with Gasteiger partial charge in [-0.25, -0.2) is 0 Å². The largest absolute Gasteiger partial charge is 0.0998 e. The molecule has 0 aromatic rings. The summed E-state index contributed by atoms with van der Waals surface area (Å²) < 4.78 is 0. The molecule has 2 atom stereocenters. The highest BCUT2D eigenvalue weighted by molar-refractivity contribution is 4.96. The topological polar surface area (TPSA) is 0 Å². The number of hydrogen-bond donors (Lipinski definition) is 0. The van der Waals surface area contributed by atoms with Gasteiger partial charge in [0.25, 0.3) is 0 Å². The van der Waals surface area contributed by atoms with E-state index in [2.05, 4.69) is 34.3 Å². The molecule has 0 aliphatic rings. The summed E-state index contributed by atoms with van der Waals surface area (Å²) in [6.07, 6.45) is 5.00. The van der Waals surface area contributed by atoms with Gasteiger partial charge >= 0.3 is 0 Å². The Morgan fingerprint density at radius 1 is 1.00 bits per heavy atom. The second kappa shape index (κ2) is 6.28. The van der Waals surface area contributed by atoms with Crippen LogP contribution in [-0.2, 0) is 0 Å². The number of hydrogen-bond acceptors (Lipinski definition) is 0. The van der Waals surface area contributed by atoms with E-state index in [-0.39, 0.29) is 0 Å². The van der Waals surface area contributed by atoms with Gasteiger partial charge in [-0.3, -0.25) is 0 Å². The molecule has 0 rings (SSSR count). The van der Waals surface area contributed by atoms with Crippen LogP contribution >= 0.6 is 0 Å². The van der Waals surface area contributed by atoms with Crippen LogP contribution in [0.4, 0.5) is 0 Å². The normalized spacial score (nSPS) is 15.7. The summed E-state index contributed by atoms with van der Waals surface area (Å²) in [5, 5.41) is 0. The van der Waals surface area contributed by atoms with Crippen LogP contribution in [0.5, 0.6) is 0 Å². The molecule has 2 unspecified atom stereocenters. The first-order valence-electron chi connectivity index (χ1n) is 5.26. The Kier molecular flexibility index (Phi) is 6.14. The molecular formula is C12H24. The predicted molar refractivity (Wildman–Crippen MR) is 57.3 cm³/mol. The standard InChI is InChI=1S/C12H24/c1-6-10(3)8-12(5)9-11(4)7-2/h10-11H,5-9H2,1-4H3. The SMILES string of the molecule is C=C(CC(C)CC)CC(C)CC. The van der Waals surface area contributed by atoms with Crippen molar-refractivity contribution >= 4 is 0 Å². The van der Waals surface area contributed by atoms with Crippen molar-refractivity contribution in [2.24, 2.45) is 11.8 Å². The fourth-order valence-electron chi connectivity index (χ4n) is 1.36. The molecule has 0 spiro atoms. The summed E-state index contributed by atoms with van der Waals surface area (Å²) in [6.45, 7) is 13.2. The number of rotatable bonds is 6. The van der Waals surface area contributed by atoms with Crippen molar-refractivity contribution in [3.63, 3.8) is 0 Å². The van der Waals surface area contributed by atoms with E-state index >= 15 is 0 Å². The molecular weight excluding hydrogens is 144 g/mol. The van der Waals surface area contributed by atoms with Gasteiger partial charge in [-0.05, 0) is 24.7 Å². The molecule has 72 valence electrons. The zero-order valence-electron chi connectivity index (χ0n) is 9.19. The third-order valence-corrected chi connectivity index (χ3v) is 2.67. The second-order valence-corrected chi connectivity index (χ2v) is 4.19. The molecule has 12 heavy (non-hydrogen) atoms. The molecule has 0 bridgehead atoms. The minimum absolute atomic E-state index is 0.821. The third-order valence-electron chi connectivity index (χ3n) is 2.67. The average Bonchev–Trinajstić information content (AvgIpc) is 2.03. The molecule has 0 aliphatic carbocycles. The maximum atomic E-state index is 4.13. The first-order valence-corrected chi connectivity index (χ1v) is 5.26. The lowest BCUT2D eigenvalue weighted by atomic mass is 9.92. The minimum atomic E-state index is 0.821. The van der Waals surface area contributed by atoms with E-state index in [0.717, 1.165) is 11.8 Å². The van der Waals surface area contributed by atoms with Crippen LogP contribution in [0.3, 0.4) is 0 Å². The van der Waals surface area contributed by atoms with Crippen molar-refractivity contribution < 1.29 is 0 Å².